The van der Waals surface area contributed by atoms with Crippen LogP contribution in [0.4, 0.5) is 0 Å². The smallest absolute Gasteiger partial charge is 0.251 e. The van der Waals surface area contributed by atoms with E-state index in [1.54, 1.807) is 12.1 Å². The van der Waals surface area contributed by atoms with E-state index in [1.165, 1.54) is 0 Å². The minimum atomic E-state index is -0.0698. The number of nitrogens with one attached hydrogen (secondary N) is 3. The number of aliphatic imine (C=N–C) groups is 1. The zero-order chi connectivity index (χ0) is 15.7. The molecule has 0 fully saturated rings. The second-order valence-corrected chi connectivity index (χ2v) is 5.76. The van der Waals surface area contributed by atoms with Crippen LogP contribution in [0, 0.1) is 0 Å². The lowest BCUT2D eigenvalue weighted by Crippen LogP contribution is -2.47. The van der Waals surface area contributed by atoms with Gasteiger partial charge in [-0.05, 0) is 39.8 Å². The molecular formula is C16H26N4O. The summed E-state index contributed by atoms with van der Waals surface area (Å²) in [7, 11) is 0. The molecule has 0 aliphatic rings. The summed E-state index contributed by atoms with van der Waals surface area (Å²) in [6, 6.07) is 9.18. The first-order valence-electron chi connectivity index (χ1n) is 7.32. The van der Waals surface area contributed by atoms with E-state index in [0.29, 0.717) is 18.7 Å². The molecule has 21 heavy (non-hydrogen) atoms. The van der Waals surface area contributed by atoms with Crippen LogP contribution in [0.2, 0.25) is 0 Å². The Balaban J connectivity index is 2.42. The fourth-order valence-corrected chi connectivity index (χ4v) is 1.69. The molecular weight excluding hydrogens is 264 g/mol. The summed E-state index contributed by atoms with van der Waals surface area (Å²) in [4.78, 5) is 16.3. The molecule has 5 nitrogen and oxygen atoms in total. The lowest BCUT2D eigenvalue weighted by molar-refractivity contribution is 0.0955. The number of amides is 1. The molecule has 116 valence electrons. The lowest BCUT2D eigenvalue weighted by Gasteiger charge is -2.23. The monoisotopic (exact) mass is 290 g/mol. The first kappa shape index (κ1) is 17.0. The maximum atomic E-state index is 11.9. The maximum absolute atomic E-state index is 11.9. The third kappa shape index (κ3) is 7.34. The molecule has 0 saturated carbocycles. The minimum absolute atomic E-state index is 0.0473. The largest absolute Gasteiger partial charge is 0.357 e. The number of hydrogen-bond acceptors (Lipinski definition) is 2. The van der Waals surface area contributed by atoms with Crippen molar-refractivity contribution >= 4 is 11.9 Å². The van der Waals surface area contributed by atoms with Gasteiger partial charge in [-0.3, -0.25) is 9.79 Å². The summed E-state index contributed by atoms with van der Waals surface area (Å²) in [5.74, 6) is 0.693. The second-order valence-electron chi connectivity index (χ2n) is 5.76. The number of guanidine groups is 1. The van der Waals surface area contributed by atoms with Gasteiger partial charge in [-0.15, -0.1) is 0 Å². The number of carbonyl (C=O) groups excluding carboxylic acids is 1. The Morgan fingerprint density at radius 1 is 1.14 bits per heavy atom. The van der Waals surface area contributed by atoms with Crippen LogP contribution in [0.25, 0.3) is 0 Å². The maximum Gasteiger partial charge on any atom is 0.251 e. The van der Waals surface area contributed by atoms with Crippen LogP contribution in [0.5, 0.6) is 0 Å². The van der Waals surface area contributed by atoms with E-state index in [2.05, 4.69) is 41.7 Å². The fourth-order valence-electron chi connectivity index (χ4n) is 1.69. The molecule has 1 aromatic rings. The fraction of sp³-hybridized carbons (Fsp3) is 0.500. The third-order valence-electron chi connectivity index (χ3n) is 2.54. The van der Waals surface area contributed by atoms with Crippen molar-refractivity contribution in [3.63, 3.8) is 0 Å². The van der Waals surface area contributed by atoms with Crippen molar-refractivity contribution in [2.45, 2.75) is 33.2 Å². The Kier molecular flexibility index (Phi) is 6.72. The van der Waals surface area contributed by atoms with Crippen LogP contribution < -0.4 is 16.0 Å². The number of carbonyl (C=O) groups is 1. The van der Waals surface area contributed by atoms with Crippen molar-refractivity contribution in [2.24, 2.45) is 4.99 Å². The molecule has 0 unspecified atom stereocenters. The van der Waals surface area contributed by atoms with Crippen molar-refractivity contribution in [1.82, 2.24) is 16.0 Å². The highest BCUT2D eigenvalue weighted by atomic mass is 16.1. The first-order valence-corrected chi connectivity index (χ1v) is 7.32. The molecule has 0 aliphatic carbocycles. The zero-order valence-corrected chi connectivity index (χ0v) is 13.4. The SMILES string of the molecule is CCNC(=NCCNC(=O)c1ccccc1)NC(C)(C)C. The first-order chi connectivity index (χ1) is 9.92. The molecule has 1 rings (SSSR count). The Labute approximate surface area is 127 Å². The molecule has 0 aromatic heterocycles. The average molecular weight is 290 g/mol. The van der Waals surface area contributed by atoms with E-state index in [1.807, 2.05) is 25.1 Å². The molecule has 1 amide bonds. The molecule has 0 saturated heterocycles. The van der Waals surface area contributed by atoms with Gasteiger partial charge in [-0.25, -0.2) is 0 Å². The molecule has 0 bridgehead atoms. The Bertz CT molecular complexity index is 463. The van der Waals surface area contributed by atoms with E-state index in [9.17, 15) is 4.79 Å². The van der Waals surface area contributed by atoms with Gasteiger partial charge in [0.05, 0.1) is 6.54 Å². The summed E-state index contributed by atoms with van der Waals surface area (Å²) < 4.78 is 0. The van der Waals surface area contributed by atoms with Gasteiger partial charge in [-0.2, -0.15) is 0 Å². The van der Waals surface area contributed by atoms with Crippen molar-refractivity contribution < 1.29 is 4.79 Å². The van der Waals surface area contributed by atoms with Crippen LogP contribution in [-0.4, -0.2) is 37.0 Å². The standard InChI is InChI=1S/C16H26N4O/c1-5-17-15(20-16(2,3)4)19-12-11-18-14(21)13-9-7-6-8-10-13/h6-10H,5,11-12H2,1-4H3,(H,18,21)(H2,17,19,20). The lowest BCUT2D eigenvalue weighted by atomic mass is 10.1. The van der Waals surface area contributed by atoms with Gasteiger partial charge in [0.1, 0.15) is 0 Å². The van der Waals surface area contributed by atoms with Gasteiger partial charge in [0.25, 0.3) is 5.91 Å². The van der Waals surface area contributed by atoms with Crippen LogP contribution in [0.1, 0.15) is 38.1 Å². The highest BCUT2D eigenvalue weighted by molar-refractivity contribution is 5.94. The Morgan fingerprint density at radius 3 is 2.38 bits per heavy atom. The molecule has 0 heterocycles. The van der Waals surface area contributed by atoms with E-state index < -0.39 is 0 Å². The van der Waals surface area contributed by atoms with Crippen LogP contribution in [-0.2, 0) is 0 Å². The summed E-state index contributed by atoms with van der Waals surface area (Å²) in [5.41, 5.74) is 0.620. The normalized spacial score (nSPS) is 11.9. The number of nitrogens with zero attached hydrogens (tertiary/aromatic N) is 1. The number of rotatable bonds is 5. The predicted molar refractivity (Wildman–Crippen MR) is 87.6 cm³/mol. The summed E-state index contributed by atoms with van der Waals surface area (Å²) >= 11 is 0. The second kappa shape index (κ2) is 8.29. The molecule has 0 atom stereocenters. The molecule has 3 N–H and O–H groups in total. The number of hydrogen-bond donors (Lipinski definition) is 3. The summed E-state index contributed by atoms with van der Waals surface area (Å²) in [5, 5.41) is 9.35. The van der Waals surface area contributed by atoms with Crippen molar-refractivity contribution in [1.29, 1.82) is 0 Å². The molecule has 0 spiro atoms. The van der Waals surface area contributed by atoms with Crippen molar-refractivity contribution in [2.75, 3.05) is 19.6 Å². The van der Waals surface area contributed by atoms with Crippen LogP contribution in [0.15, 0.2) is 35.3 Å². The van der Waals surface area contributed by atoms with Crippen molar-refractivity contribution in [3.05, 3.63) is 35.9 Å². The topological polar surface area (TPSA) is 65.5 Å². The summed E-state index contributed by atoms with van der Waals surface area (Å²) in [6.07, 6.45) is 0. The highest BCUT2D eigenvalue weighted by Gasteiger charge is 2.11. The summed E-state index contributed by atoms with van der Waals surface area (Å²) in [6.45, 7) is 10.1. The third-order valence-corrected chi connectivity index (χ3v) is 2.54. The van der Waals surface area contributed by atoms with E-state index in [-0.39, 0.29) is 11.4 Å². The van der Waals surface area contributed by atoms with Crippen LogP contribution >= 0.6 is 0 Å². The van der Waals surface area contributed by atoms with E-state index >= 15 is 0 Å². The van der Waals surface area contributed by atoms with Crippen molar-refractivity contribution in [3.8, 4) is 0 Å². The Hall–Kier alpha value is -2.04. The van der Waals surface area contributed by atoms with Gasteiger partial charge in [-0.1, -0.05) is 18.2 Å². The van der Waals surface area contributed by atoms with Gasteiger partial charge in [0, 0.05) is 24.2 Å². The Morgan fingerprint density at radius 2 is 1.81 bits per heavy atom. The van der Waals surface area contributed by atoms with Gasteiger partial charge >= 0.3 is 0 Å². The molecule has 1 aromatic carbocycles. The van der Waals surface area contributed by atoms with Crippen LogP contribution in [0.3, 0.4) is 0 Å². The average Bonchev–Trinajstić information content (AvgIpc) is 2.43. The van der Waals surface area contributed by atoms with Gasteiger partial charge < -0.3 is 16.0 Å². The number of benzene rings is 1. The van der Waals surface area contributed by atoms with Gasteiger partial charge in [0.15, 0.2) is 5.96 Å². The minimum Gasteiger partial charge on any atom is -0.357 e. The zero-order valence-electron chi connectivity index (χ0n) is 13.4. The highest BCUT2D eigenvalue weighted by Crippen LogP contribution is 1.98. The van der Waals surface area contributed by atoms with E-state index in [0.717, 1.165) is 12.5 Å². The molecule has 0 aliphatic heterocycles. The predicted octanol–water partition coefficient (Wildman–Crippen LogP) is 1.77. The van der Waals surface area contributed by atoms with Gasteiger partial charge in [0.2, 0.25) is 0 Å². The van der Waals surface area contributed by atoms with E-state index in [4.69, 9.17) is 0 Å². The molecule has 0 radical (unpaired) electrons. The quantitative estimate of drug-likeness (QED) is 0.440. The molecule has 5 heteroatoms.